The number of rotatable bonds is 15. The largest absolute Gasteiger partial charge is 0.494 e. The van der Waals surface area contributed by atoms with Gasteiger partial charge in [0.1, 0.15) is 5.75 Å². The Morgan fingerprint density at radius 1 is 1.00 bits per heavy atom. The highest BCUT2D eigenvalue weighted by Gasteiger charge is 2.35. The molecule has 2 atom stereocenters. The molecule has 0 amide bonds. The molecule has 252 valence electrons. The third-order valence-electron chi connectivity index (χ3n) is 9.09. The third kappa shape index (κ3) is 8.91. The molecule has 0 aliphatic heterocycles. The summed E-state index contributed by atoms with van der Waals surface area (Å²) in [6, 6.07) is 22.3. The van der Waals surface area contributed by atoms with E-state index in [0.29, 0.717) is 56.5 Å². The van der Waals surface area contributed by atoms with Crippen molar-refractivity contribution in [3.63, 3.8) is 0 Å². The summed E-state index contributed by atoms with van der Waals surface area (Å²) in [7, 11) is 0. The fourth-order valence-corrected chi connectivity index (χ4v) is 6.98. The van der Waals surface area contributed by atoms with Gasteiger partial charge in [0.15, 0.2) is 6.33 Å². The third-order valence-corrected chi connectivity index (χ3v) is 9.54. The predicted molar refractivity (Wildman–Crippen MR) is 176 cm³/mol. The molecule has 0 radical (unpaired) electrons. The first-order chi connectivity index (χ1) is 22.7. The zero-order valence-electron chi connectivity index (χ0n) is 27.0. The van der Waals surface area contributed by atoms with E-state index in [9.17, 15) is 13.2 Å². The molecule has 1 heterocycles. The molecule has 3 aromatic carbocycles. The minimum absolute atomic E-state index is 0.230. The van der Waals surface area contributed by atoms with Gasteiger partial charge in [0.2, 0.25) is 5.72 Å². The Kier molecular flexibility index (Phi) is 11.9. The second-order valence-electron chi connectivity index (χ2n) is 12.3. The first-order valence-electron chi connectivity index (χ1n) is 16.4. The second-order valence-corrected chi connectivity index (χ2v) is 12.7. The van der Waals surface area contributed by atoms with Crippen LogP contribution in [-0.2, 0) is 23.2 Å². The van der Waals surface area contributed by atoms with Crippen molar-refractivity contribution < 1.29 is 22.6 Å². The maximum atomic E-state index is 13.7. The Morgan fingerprint density at radius 3 is 2.47 bits per heavy atom. The standard InChI is InChI=1S/C36H43ClF3N5O2/c1-3-47-35(2,45-42-26-41-43-45)30-18-11-19-31(23-30)46-22-12-21-44(24-29-17-10-20-33(34(29)37)36(38,39)40)25-32(27-13-6-4-7-14-27)28-15-8-5-9-16-28/h4,6-7,10-11,13-14,17-20,23,26,28,32H,3,5,8-9,12,15-16,21-22,24-25H2,1-2H3. The summed E-state index contributed by atoms with van der Waals surface area (Å²) in [6.07, 6.45) is 3.48. The van der Waals surface area contributed by atoms with Crippen LogP contribution in [0, 0.1) is 5.92 Å². The number of hydrogen-bond acceptors (Lipinski definition) is 6. The Hall–Kier alpha value is -3.47. The lowest BCUT2D eigenvalue weighted by Crippen LogP contribution is -2.37. The average molecular weight is 670 g/mol. The Balaban J connectivity index is 1.33. The van der Waals surface area contributed by atoms with Gasteiger partial charge in [0.25, 0.3) is 0 Å². The lowest BCUT2D eigenvalue weighted by Gasteiger charge is -2.35. The molecule has 7 nitrogen and oxygen atoms in total. The van der Waals surface area contributed by atoms with Crippen LogP contribution in [0.5, 0.6) is 5.75 Å². The number of halogens is 4. The van der Waals surface area contributed by atoms with Crippen molar-refractivity contribution >= 4 is 11.6 Å². The number of aromatic nitrogens is 4. The fraction of sp³-hybridized carbons (Fsp3) is 0.472. The van der Waals surface area contributed by atoms with E-state index < -0.39 is 17.5 Å². The molecule has 1 aliphatic rings. The predicted octanol–water partition coefficient (Wildman–Crippen LogP) is 8.74. The van der Waals surface area contributed by atoms with Crippen molar-refractivity contribution in [1.29, 1.82) is 0 Å². The molecular weight excluding hydrogens is 627 g/mol. The van der Waals surface area contributed by atoms with Gasteiger partial charge in [-0.05, 0) is 79.5 Å². The molecule has 0 spiro atoms. The molecule has 5 rings (SSSR count). The molecule has 1 aromatic heterocycles. The van der Waals surface area contributed by atoms with E-state index >= 15 is 0 Å². The van der Waals surface area contributed by atoms with Crippen molar-refractivity contribution in [3.8, 4) is 5.75 Å². The van der Waals surface area contributed by atoms with Gasteiger partial charge < -0.3 is 9.47 Å². The first kappa shape index (κ1) is 34.9. The van der Waals surface area contributed by atoms with Gasteiger partial charge in [0, 0.05) is 31.8 Å². The molecule has 2 unspecified atom stereocenters. The van der Waals surface area contributed by atoms with Gasteiger partial charge in [-0.1, -0.05) is 85.5 Å². The zero-order valence-corrected chi connectivity index (χ0v) is 27.8. The number of benzene rings is 3. The van der Waals surface area contributed by atoms with Crippen molar-refractivity contribution in [2.24, 2.45) is 5.92 Å². The van der Waals surface area contributed by atoms with Crippen molar-refractivity contribution in [2.45, 2.75) is 76.7 Å². The second kappa shape index (κ2) is 16.1. The maximum Gasteiger partial charge on any atom is 0.417 e. The molecule has 0 saturated heterocycles. The van der Waals surface area contributed by atoms with E-state index in [1.54, 1.807) is 6.07 Å². The van der Waals surface area contributed by atoms with Gasteiger partial charge in [0.05, 0.1) is 17.2 Å². The minimum Gasteiger partial charge on any atom is -0.494 e. The normalized spacial score (nSPS) is 16.2. The van der Waals surface area contributed by atoms with Crippen LogP contribution in [0.15, 0.2) is 79.1 Å². The van der Waals surface area contributed by atoms with Gasteiger partial charge >= 0.3 is 6.18 Å². The SMILES string of the molecule is CCOC(C)(c1cccc(OCCCN(Cc2cccc(C(F)(F)F)c2Cl)CC(c2ccccc2)C2CCCCC2)c1)n1ncnn1. The lowest BCUT2D eigenvalue weighted by molar-refractivity contribution is -0.137. The van der Waals surface area contributed by atoms with Gasteiger partial charge in [-0.15, -0.1) is 15.0 Å². The average Bonchev–Trinajstić information content (AvgIpc) is 3.63. The summed E-state index contributed by atoms with van der Waals surface area (Å²) >= 11 is 6.40. The summed E-state index contributed by atoms with van der Waals surface area (Å²) in [4.78, 5) is 3.68. The van der Waals surface area contributed by atoms with Crippen LogP contribution in [-0.4, -0.2) is 51.4 Å². The Labute approximate surface area is 280 Å². The van der Waals surface area contributed by atoms with E-state index in [4.69, 9.17) is 21.1 Å². The van der Waals surface area contributed by atoms with Crippen LogP contribution in [0.1, 0.15) is 80.5 Å². The number of alkyl halides is 3. The van der Waals surface area contributed by atoms with Crippen molar-refractivity contribution in [3.05, 3.63) is 106 Å². The Morgan fingerprint density at radius 2 is 1.77 bits per heavy atom. The van der Waals surface area contributed by atoms with E-state index in [1.807, 2.05) is 44.2 Å². The van der Waals surface area contributed by atoms with Crippen LogP contribution in [0.25, 0.3) is 0 Å². The van der Waals surface area contributed by atoms with Gasteiger partial charge in [-0.2, -0.15) is 13.2 Å². The molecule has 1 fully saturated rings. The molecule has 47 heavy (non-hydrogen) atoms. The van der Waals surface area contributed by atoms with E-state index in [0.717, 1.165) is 24.5 Å². The molecule has 11 heteroatoms. The highest BCUT2D eigenvalue weighted by Crippen LogP contribution is 2.39. The maximum absolute atomic E-state index is 13.7. The summed E-state index contributed by atoms with van der Waals surface area (Å²) in [5, 5.41) is 11.9. The summed E-state index contributed by atoms with van der Waals surface area (Å²) in [5.74, 6) is 1.45. The fourth-order valence-electron chi connectivity index (χ4n) is 6.69. The first-order valence-corrected chi connectivity index (χ1v) is 16.8. The zero-order chi connectivity index (χ0) is 33.3. The molecule has 1 aliphatic carbocycles. The molecule has 0 N–H and O–H groups in total. The van der Waals surface area contributed by atoms with Crippen LogP contribution in [0.3, 0.4) is 0 Å². The topological polar surface area (TPSA) is 65.3 Å². The molecule has 0 bridgehead atoms. The van der Waals surface area contributed by atoms with Crippen LogP contribution in [0.4, 0.5) is 13.2 Å². The van der Waals surface area contributed by atoms with Crippen molar-refractivity contribution in [1.82, 2.24) is 25.1 Å². The van der Waals surface area contributed by atoms with E-state index in [2.05, 4.69) is 44.6 Å². The smallest absolute Gasteiger partial charge is 0.417 e. The number of hydrogen-bond donors (Lipinski definition) is 0. The molecular formula is C36H43ClF3N5O2. The highest BCUT2D eigenvalue weighted by atomic mass is 35.5. The summed E-state index contributed by atoms with van der Waals surface area (Å²) in [5.41, 5.74) is 0.798. The monoisotopic (exact) mass is 669 g/mol. The van der Waals surface area contributed by atoms with Gasteiger partial charge in [-0.25, -0.2) is 0 Å². The summed E-state index contributed by atoms with van der Waals surface area (Å²) in [6.45, 7) is 6.30. The minimum atomic E-state index is -4.52. The number of nitrogens with zero attached hydrogens (tertiary/aromatic N) is 5. The van der Waals surface area contributed by atoms with E-state index in [1.165, 1.54) is 42.0 Å². The highest BCUT2D eigenvalue weighted by molar-refractivity contribution is 6.32. The van der Waals surface area contributed by atoms with Crippen LogP contribution >= 0.6 is 11.6 Å². The summed E-state index contributed by atoms with van der Waals surface area (Å²) < 4.78 is 53.5. The van der Waals surface area contributed by atoms with Crippen LogP contribution < -0.4 is 4.74 Å². The van der Waals surface area contributed by atoms with Crippen LogP contribution in [0.2, 0.25) is 5.02 Å². The lowest BCUT2D eigenvalue weighted by atomic mass is 9.76. The number of tetrazole rings is 1. The Bertz CT molecular complexity index is 1530. The molecule has 1 saturated carbocycles. The quantitative estimate of drug-likeness (QED) is 0.118. The molecule has 4 aromatic rings. The number of ether oxygens (including phenoxy) is 2. The van der Waals surface area contributed by atoms with Crippen molar-refractivity contribution in [2.75, 3.05) is 26.3 Å². The van der Waals surface area contributed by atoms with E-state index in [-0.39, 0.29) is 10.9 Å². The van der Waals surface area contributed by atoms with Gasteiger partial charge in [-0.3, -0.25) is 4.90 Å².